The SMILES string of the molecule is CC1CCCCN1Cc1ccccc1CNC(=O)CCC1CCNC1.Cl.Cl. The Kier molecular flexibility index (Phi) is 11.3. The van der Waals surface area contributed by atoms with Crippen molar-refractivity contribution in [2.45, 2.75) is 64.6 Å². The minimum absolute atomic E-state index is 0. The van der Waals surface area contributed by atoms with Crippen LogP contribution in [0.3, 0.4) is 0 Å². The number of nitrogens with one attached hydrogen (secondary N) is 2. The van der Waals surface area contributed by atoms with Crippen LogP contribution >= 0.6 is 24.8 Å². The van der Waals surface area contributed by atoms with Gasteiger partial charge in [-0.25, -0.2) is 0 Å². The number of carbonyl (C=O) groups is 1. The van der Waals surface area contributed by atoms with Gasteiger partial charge in [0.1, 0.15) is 0 Å². The highest BCUT2D eigenvalue weighted by atomic mass is 35.5. The molecular formula is C21H35Cl2N3O. The van der Waals surface area contributed by atoms with E-state index in [1.54, 1.807) is 0 Å². The van der Waals surface area contributed by atoms with Crippen molar-refractivity contribution in [1.82, 2.24) is 15.5 Å². The first-order valence-corrected chi connectivity index (χ1v) is 10.0. The summed E-state index contributed by atoms with van der Waals surface area (Å²) in [5.74, 6) is 0.867. The van der Waals surface area contributed by atoms with Crippen molar-refractivity contribution in [3.8, 4) is 0 Å². The van der Waals surface area contributed by atoms with E-state index in [9.17, 15) is 4.79 Å². The first kappa shape index (κ1) is 24.2. The maximum Gasteiger partial charge on any atom is 0.220 e. The zero-order chi connectivity index (χ0) is 17.5. The van der Waals surface area contributed by atoms with Gasteiger partial charge in [-0.2, -0.15) is 0 Å². The van der Waals surface area contributed by atoms with E-state index in [-0.39, 0.29) is 30.7 Å². The molecule has 154 valence electrons. The summed E-state index contributed by atoms with van der Waals surface area (Å²) in [4.78, 5) is 14.8. The molecule has 0 bridgehead atoms. The molecule has 2 heterocycles. The molecule has 2 unspecified atom stereocenters. The fourth-order valence-corrected chi connectivity index (χ4v) is 4.07. The molecule has 0 spiro atoms. The Bertz CT molecular complexity index is 564. The van der Waals surface area contributed by atoms with Crippen LogP contribution < -0.4 is 10.6 Å². The van der Waals surface area contributed by atoms with Crippen molar-refractivity contribution in [3.05, 3.63) is 35.4 Å². The minimum atomic E-state index is 0. The van der Waals surface area contributed by atoms with Gasteiger partial charge in [-0.15, -0.1) is 24.8 Å². The molecule has 27 heavy (non-hydrogen) atoms. The second-order valence-electron chi connectivity index (χ2n) is 7.76. The summed E-state index contributed by atoms with van der Waals surface area (Å²) in [5.41, 5.74) is 2.62. The van der Waals surface area contributed by atoms with Crippen molar-refractivity contribution in [1.29, 1.82) is 0 Å². The number of nitrogens with zero attached hydrogens (tertiary/aromatic N) is 1. The lowest BCUT2D eigenvalue weighted by Crippen LogP contribution is -2.37. The summed E-state index contributed by atoms with van der Waals surface area (Å²) in [5, 5.41) is 6.50. The van der Waals surface area contributed by atoms with E-state index in [2.05, 4.69) is 46.7 Å². The standard InChI is InChI=1S/C21H33N3O.2ClH/c1-17-6-4-5-13-24(17)16-20-8-3-2-7-19(20)15-23-21(25)10-9-18-11-12-22-14-18;;/h2-3,7-8,17-18,22H,4-6,9-16H2,1H3,(H,23,25);2*1H. The molecule has 0 radical (unpaired) electrons. The molecule has 2 fully saturated rings. The molecule has 1 amide bonds. The van der Waals surface area contributed by atoms with E-state index in [1.807, 2.05) is 0 Å². The van der Waals surface area contributed by atoms with Crippen LogP contribution in [0.5, 0.6) is 0 Å². The summed E-state index contributed by atoms with van der Waals surface area (Å²) >= 11 is 0. The number of amides is 1. The lowest BCUT2D eigenvalue weighted by Gasteiger charge is -2.33. The van der Waals surface area contributed by atoms with Gasteiger partial charge in [-0.05, 0) is 69.3 Å². The Morgan fingerprint density at radius 3 is 2.67 bits per heavy atom. The molecule has 1 aromatic rings. The fraction of sp³-hybridized carbons (Fsp3) is 0.667. The number of hydrogen-bond acceptors (Lipinski definition) is 3. The molecule has 2 atom stereocenters. The second kappa shape index (κ2) is 12.6. The Hall–Kier alpha value is -0.810. The van der Waals surface area contributed by atoms with Gasteiger partial charge in [0.25, 0.3) is 0 Å². The molecule has 2 N–H and O–H groups in total. The summed E-state index contributed by atoms with van der Waals surface area (Å²) in [6, 6.07) is 9.23. The third kappa shape index (κ3) is 7.61. The molecule has 2 saturated heterocycles. The topological polar surface area (TPSA) is 44.4 Å². The van der Waals surface area contributed by atoms with Gasteiger partial charge >= 0.3 is 0 Å². The van der Waals surface area contributed by atoms with Crippen LogP contribution in [0.4, 0.5) is 0 Å². The Morgan fingerprint density at radius 1 is 1.19 bits per heavy atom. The molecule has 3 rings (SSSR count). The molecule has 0 aliphatic carbocycles. The van der Waals surface area contributed by atoms with Gasteiger partial charge in [-0.3, -0.25) is 9.69 Å². The maximum absolute atomic E-state index is 12.2. The average Bonchev–Trinajstić information content (AvgIpc) is 3.15. The Balaban J connectivity index is 0.00000182. The summed E-state index contributed by atoms with van der Waals surface area (Å²) < 4.78 is 0. The van der Waals surface area contributed by atoms with Crippen LogP contribution in [0.1, 0.15) is 56.6 Å². The van der Waals surface area contributed by atoms with E-state index < -0.39 is 0 Å². The number of hydrogen-bond donors (Lipinski definition) is 2. The summed E-state index contributed by atoms with van der Waals surface area (Å²) in [7, 11) is 0. The predicted octanol–water partition coefficient (Wildman–Crippen LogP) is 3.91. The highest BCUT2D eigenvalue weighted by Crippen LogP contribution is 2.21. The Morgan fingerprint density at radius 2 is 1.96 bits per heavy atom. The summed E-state index contributed by atoms with van der Waals surface area (Å²) in [6.07, 6.45) is 6.83. The normalized spacial score (nSPS) is 22.6. The van der Waals surface area contributed by atoms with Crippen LogP contribution in [0.25, 0.3) is 0 Å². The van der Waals surface area contributed by atoms with E-state index in [1.165, 1.54) is 43.4 Å². The van der Waals surface area contributed by atoms with Crippen molar-refractivity contribution in [3.63, 3.8) is 0 Å². The van der Waals surface area contributed by atoms with Gasteiger partial charge < -0.3 is 10.6 Å². The number of rotatable bonds is 7. The molecule has 6 heteroatoms. The average molecular weight is 416 g/mol. The van der Waals surface area contributed by atoms with Gasteiger partial charge in [0.2, 0.25) is 5.91 Å². The highest BCUT2D eigenvalue weighted by Gasteiger charge is 2.19. The Labute approximate surface area is 176 Å². The number of benzene rings is 1. The molecule has 0 saturated carbocycles. The molecular weight excluding hydrogens is 381 g/mol. The lowest BCUT2D eigenvalue weighted by molar-refractivity contribution is -0.121. The molecule has 0 aromatic heterocycles. The van der Waals surface area contributed by atoms with Gasteiger partial charge in [-0.1, -0.05) is 30.7 Å². The van der Waals surface area contributed by atoms with Crippen molar-refractivity contribution < 1.29 is 4.79 Å². The molecule has 2 aliphatic heterocycles. The van der Waals surface area contributed by atoms with Crippen molar-refractivity contribution in [2.24, 2.45) is 5.92 Å². The lowest BCUT2D eigenvalue weighted by atomic mass is 10.0. The van der Waals surface area contributed by atoms with Crippen molar-refractivity contribution >= 4 is 30.7 Å². The molecule has 1 aromatic carbocycles. The van der Waals surface area contributed by atoms with Crippen LogP contribution in [0.15, 0.2) is 24.3 Å². The third-order valence-electron chi connectivity index (χ3n) is 5.85. The smallest absolute Gasteiger partial charge is 0.220 e. The van der Waals surface area contributed by atoms with Crippen LogP contribution in [-0.2, 0) is 17.9 Å². The van der Waals surface area contributed by atoms with Gasteiger partial charge in [0.05, 0.1) is 0 Å². The number of carbonyl (C=O) groups excluding carboxylic acids is 1. The second-order valence-corrected chi connectivity index (χ2v) is 7.76. The van der Waals surface area contributed by atoms with E-state index in [4.69, 9.17) is 0 Å². The molecule has 4 nitrogen and oxygen atoms in total. The van der Waals surface area contributed by atoms with Crippen LogP contribution in [0, 0.1) is 5.92 Å². The first-order valence-electron chi connectivity index (χ1n) is 10.0. The van der Waals surface area contributed by atoms with Crippen molar-refractivity contribution in [2.75, 3.05) is 19.6 Å². The highest BCUT2D eigenvalue weighted by molar-refractivity contribution is 5.85. The van der Waals surface area contributed by atoms with E-state index in [0.29, 0.717) is 24.9 Å². The largest absolute Gasteiger partial charge is 0.352 e. The zero-order valence-corrected chi connectivity index (χ0v) is 18.0. The first-order chi connectivity index (χ1) is 12.2. The van der Waals surface area contributed by atoms with Crippen LogP contribution in [-0.4, -0.2) is 36.5 Å². The van der Waals surface area contributed by atoms with E-state index in [0.717, 1.165) is 26.1 Å². The zero-order valence-electron chi connectivity index (χ0n) is 16.4. The quantitative estimate of drug-likeness (QED) is 0.709. The fourth-order valence-electron chi connectivity index (χ4n) is 4.07. The van der Waals surface area contributed by atoms with Gasteiger partial charge in [0.15, 0.2) is 0 Å². The van der Waals surface area contributed by atoms with Gasteiger partial charge in [0, 0.05) is 25.6 Å². The molecule has 2 aliphatic rings. The van der Waals surface area contributed by atoms with E-state index >= 15 is 0 Å². The van der Waals surface area contributed by atoms with Crippen LogP contribution in [0.2, 0.25) is 0 Å². The summed E-state index contributed by atoms with van der Waals surface area (Å²) in [6.45, 7) is 7.36. The number of likely N-dealkylation sites (tertiary alicyclic amines) is 1. The predicted molar refractivity (Wildman–Crippen MR) is 117 cm³/mol. The third-order valence-corrected chi connectivity index (χ3v) is 5.85. The minimum Gasteiger partial charge on any atom is -0.352 e. The maximum atomic E-state index is 12.2. The number of piperidine rings is 1. The number of halogens is 2. The monoisotopic (exact) mass is 415 g/mol.